The monoisotopic (exact) mass is 637 g/mol. The molecule has 1 aromatic heterocycles. The van der Waals surface area contributed by atoms with Crippen molar-refractivity contribution in [3.05, 3.63) is 101 Å². The molecule has 44 heavy (non-hydrogen) atoms. The third-order valence-electron chi connectivity index (χ3n) is 7.84. The first-order valence-electron chi connectivity index (χ1n) is 14.7. The van der Waals surface area contributed by atoms with Crippen LogP contribution in [-0.2, 0) is 27.9 Å². The minimum absolute atomic E-state index is 0.147. The topological polar surface area (TPSA) is 107 Å². The zero-order chi connectivity index (χ0) is 31.1. The van der Waals surface area contributed by atoms with E-state index in [9.17, 15) is 18.0 Å². The number of fused-ring (bicyclic) bond motifs is 1. The van der Waals surface area contributed by atoms with Crippen LogP contribution >= 0.6 is 11.6 Å². The van der Waals surface area contributed by atoms with E-state index < -0.39 is 22.0 Å². The number of sulfonamides is 1. The first kappa shape index (κ1) is 31.4. The van der Waals surface area contributed by atoms with Crippen LogP contribution in [0.5, 0.6) is 5.75 Å². The summed E-state index contributed by atoms with van der Waals surface area (Å²) in [5.74, 6) is -0.502. The highest BCUT2D eigenvalue weighted by molar-refractivity contribution is 7.90. The second-order valence-corrected chi connectivity index (χ2v) is 13.1. The molecule has 2 amide bonds. The Hall–Kier alpha value is -4.02. The Morgan fingerprint density at radius 3 is 2.57 bits per heavy atom. The second kappa shape index (κ2) is 14.2. The summed E-state index contributed by atoms with van der Waals surface area (Å²) in [5.41, 5.74) is 2.84. The molecular formula is C33H36ClN3O6S. The fourth-order valence-corrected chi connectivity index (χ4v) is 6.81. The van der Waals surface area contributed by atoms with E-state index in [4.69, 9.17) is 21.1 Å². The maximum Gasteiger partial charge on any atom is 0.410 e. The van der Waals surface area contributed by atoms with E-state index in [1.807, 2.05) is 67.6 Å². The lowest BCUT2D eigenvalue weighted by molar-refractivity contribution is 0.0672. The first-order chi connectivity index (χ1) is 21.2. The number of benzene rings is 3. The Morgan fingerprint density at radius 1 is 1.00 bits per heavy atom. The molecule has 1 aliphatic rings. The molecule has 0 spiro atoms. The van der Waals surface area contributed by atoms with Crippen molar-refractivity contribution < 1.29 is 27.5 Å². The molecule has 11 heteroatoms. The Kier molecular flexibility index (Phi) is 10.1. The summed E-state index contributed by atoms with van der Waals surface area (Å²) in [5, 5.41) is 1.32. The van der Waals surface area contributed by atoms with Crippen LogP contribution in [-0.4, -0.2) is 54.8 Å². The van der Waals surface area contributed by atoms with Crippen LogP contribution in [0.2, 0.25) is 5.02 Å². The quantitative estimate of drug-likeness (QED) is 0.206. The average molecular weight is 638 g/mol. The molecule has 2 heterocycles. The Labute approximate surface area is 262 Å². The van der Waals surface area contributed by atoms with E-state index in [2.05, 4.69) is 4.72 Å². The van der Waals surface area contributed by atoms with Crippen molar-refractivity contribution in [2.75, 3.05) is 18.9 Å². The summed E-state index contributed by atoms with van der Waals surface area (Å²) in [6.07, 6.45) is 2.11. The normalized spacial score (nSPS) is 15.2. The molecule has 4 aromatic rings. The number of rotatable bonds is 11. The van der Waals surface area contributed by atoms with E-state index >= 15 is 0 Å². The number of ether oxygens (including phenoxy) is 2. The van der Waals surface area contributed by atoms with Crippen molar-refractivity contribution >= 4 is 44.5 Å². The Bertz CT molecular complexity index is 1720. The zero-order valence-electron chi connectivity index (χ0n) is 24.6. The molecule has 5 rings (SSSR count). The summed E-state index contributed by atoms with van der Waals surface area (Å²) >= 11 is 6.22. The van der Waals surface area contributed by atoms with Gasteiger partial charge in [0.25, 0.3) is 5.91 Å². The molecule has 1 atom stereocenters. The molecule has 0 unspecified atom stereocenters. The van der Waals surface area contributed by atoms with Gasteiger partial charge in [0.1, 0.15) is 24.7 Å². The van der Waals surface area contributed by atoms with Crippen molar-refractivity contribution in [2.45, 2.75) is 51.8 Å². The van der Waals surface area contributed by atoms with Gasteiger partial charge in [-0.2, -0.15) is 0 Å². The molecule has 0 saturated carbocycles. The number of para-hydroxylation sites is 1. The Balaban J connectivity index is 1.24. The van der Waals surface area contributed by atoms with Gasteiger partial charge in [-0.15, -0.1) is 0 Å². The van der Waals surface area contributed by atoms with Crippen molar-refractivity contribution in [2.24, 2.45) is 0 Å². The maximum absolute atomic E-state index is 13.4. The van der Waals surface area contributed by atoms with Crippen LogP contribution in [0.15, 0.2) is 78.9 Å². The molecule has 9 nitrogen and oxygen atoms in total. The van der Waals surface area contributed by atoms with Crippen LogP contribution in [0.1, 0.15) is 47.3 Å². The minimum atomic E-state index is -4.01. The highest BCUT2D eigenvalue weighted by atomic mass is 35.5. The molecule has 1 saturated heterocycles. The third-order valence-corrected chi connectivity index (χ3v) is 9.42. The van der Waals surface area contributed by atoms with E-state index in [0.717, 1.165) is 34.9 Å². The molecule has 0 radical (unpaired) electrons. The lowest BCUT2D eigenvalue weighted by atomic mass is 10.0. The summed E-state index contributed by atoms with van der Waals surface area (Å²) in [6, 6.07) is 23.6. The number of piperidine rings is 1. The van der Waals surface area contributed by atoms with Crippen LogP contribution in [0.4, 0.5) is 4.79 Å². The molecule has 1 fully saturated rings. The number of hydrogen-bond acceptors (Lipinski definition) is 6. The summed E-state index contributed by atoms with van der Waals surface area (Å²) < 4.78 is 41.7. The molecule has 0 bridgehead atoms. The molecule has 0 aliphatic carbocycles. The molecule has 232 valence electrons. The molecule has 1 aliphatic heterocycles. The van der Waals surface area contributed by atoms with Crippen molar-refractivity contribution in [1.82, 2.24) is 14.2 Å². The van der Waals surface area contributed by atoms with E-state index in [-0.39, 0.29) is 37.1 Å². The van der Waals surface area contributed by atoms with Crippen molar-refractivity contribution in [3.63, 3.8) is 0 Å². The number of nitrogens with zero attached hydrogens (tertiary/aromatic N) is 2. The fourth-order valence-electron chi connectivity index (χ4n) is 5.55. The van der Waals surface area contributed by atoms with Crippen molar-refractivity contribution in [3.8, 4) is 5.75 Å². The average Bonchev–Trinajstić information content (AvgIpc) is 3.40. The maximum atomic E-state index is 13.4. The van der Waals surface area contributed by atoms with Gasteiger partial charge >= 0.3 is 6.09 Å². The molecule has 1 N–H and O–H groups in total. The number of aromatic nitrogens is 1. The number of likely N-dealkylation sites (tertiary alicyclic amines) is 1. The van der Waals surface area contributed by atoms with Gasteiger partial charge in [0.2, 0.25) is 10.0 Å². The number of aryl methyl sites for hydroxylation is 1. The molecule has 3 aromatic carbocycles. The number of halogens is 1. The van der Waals surface area contributed by atoms with Gasteiger partial charge in [-0.1, -0.05) is 66.2 Å². The van der Waals surface area contributed by atoms with Crippen LogP contribution in [0, 0.1) is 6.92 Å². The lowest BCUT2D eigenvalue weighted by Crippen LogP contribution is -2.45. The van der Waals surface area contributed by atoms with E-state index in [1.165, 1.54) is 0 Å². The predicted molar refractivity (Wildman–Crippen MR) is 170 cm³/mol. The number of hydrogen-bond donors (Lipinski definition) is 1. The van der Waals surface area contributed by atoms with Crippen LogP contribution in [0.25, 0.3) is 10.9 Å². The smallest absolute Gasteiger partial charge is 0.410 e. The summed E-state index contributed by atoms with van der Waals surface area (Å²) in [6.45, 7) is 3.09. The van der Waals surface area contributed by atoms with E-state index in [0.29, 0.717) is 30.3 Å². The summed E-state index contributed by atoms with van der Waals surface area (Å²) in [4.78, 5) is 27.9. The number of carbonyl (C=O) groups is 2. The molecular weight excluding hydrogens is 602 g/mol. The SMILES string of the molecule is Cc1cccc2c1cc(C(=O)NS(=O)(=O)CC[C@@H]1CCCCN1C(=O)OCc1ccccc1)n2CCOc1ccccc1Cl. The second-order valence-electron chi connectivity index (χ2n) is 10.9. The van der Waals surface area contributed by atoms with Gasteiger partial charge in [-0.3, -0.25) is 4.79 Å². The number of nitrogens with one attached hydrogen (secondary N) is 1. The van der Waals surface area contributed by atoms with E-state index in [1.54, 1.807) is 27.7 Å². The summed E-state index contributed by atoms with van der Waals surface area (Å²) in [7, 11) is -4.01. The highest BCUT2D eigenvalue weighted by Crippen LogP contribution is 2.26. The highest BCUT2D eigenvalue weighted by Gasteiger charge is 2.30. The predicted octanol–water partition coefficient (Wildman–Crippen LogP) is 6.32. The van der Waals surface area contributed by atoms with Crippen molar-refractivity contribution in [1.29, 1.82) is 0 Å². The van der Waals surface area contributed by atoms with Gasteiger partial charge < -0.3 is 18.9 Å². The lowest BCUT2D eigenvalue weighted by Gasteiger charge is -2.34. The van der Waals surface area contributed by atoms with Gasteiger partial charge in [0.15, 0.2) is 0 Å². The fraction of sp³-hybridized carbons (Fsp3) is 0.333. The van der Waals surface area contributed by atoms with Crippen LogP contribution < -0.4 is 9.46 Å². The third kappa shape index (κ3) is 7.73. The minimum Gasteiger partial charge on any atom is -0.490 e. The number of carbonyl (C=O) groups excluding carboxylic acids is 2. The van der Waals surface area contributed by atoms with Gasteiger partial charge in [-0.25, -0.2) is 17.9 Å². The zero-order valence-corrected chi connectivity index (χ0v) is 26.1. The van der Waals surface area contributed by atoms with Gasteiger partial charge in [0, 0.05) is 23.5 Å². The van der Waals surface area contributed by atoms with Crippen LogP contribution in [0.3, 0.4) is 0 Å². The van der Waals surface area contributed by atoms with Gasteiger partial charge in [-0.05, 0) is 68.0 Å². The standard InChI is InChI=1S/C33H36ClN3O6S/c1-24-10-9-15-29-27(24)22-30(37(29)19-20-42-31-16-6-5-14-28(31)34)32(38)35-44(40,41)21-17-26-13-7-8-18-36(26)33(39)43-23-25-11-3-2-4-12-25/h2-6,9-12,14-16,22,26H,7-8,13,17-21,23H2,1H3,(H,35,38)/t26-/m0/s1. The Morgan fingerprint density at radius 2 is 1.77 bits per heavy atom. The van der Waals surface area contributed by atoms with Gasteiger partial charge in [0.05, 0.1) is 17.3 Å². The number of amides is 2. The first-order valence-corrected chi connectivity index (χ1v) is 16.7. The largest absolute Gasteiger partial charge is 0.490 e.